The molecule has 0 fully saturated rings. The number of guanidine groups is 1. The third-order valence-electron chi connectivity index (χ3n) is 4.67. The minimum absolute atomic E-state index is 0. The van der Waals surface area contributed by atoms with Crippen molar-refractivity contribution in [2.24, 2.45) is 10.9 Å². The number of aliphatic imine (C=N–C) groups is 1. The van der Waals surface area contributed by atoms with Crippen LogP contribution in [0.5, 0.6) is 0 Å². The molecule has 0 aliphatic carbocycles. The zero-order valence-electron chi connectivity index (χ0n) is 16.4. The maximum absolute atomic E-state index is 11.8. The van der Waals surface area contributed by atoms with E-state index in [-0.39, 0.29) is 29.5 Å². The minimum atomic E-state index is 0. The van der Waals surface area contributed by atoms with E-state index in [1.165, 1.54) is 18.4 Å². The fourth-order valence-corrected chi connectivity index (χ4v) is 2.78. The molecule has 0 amide bonds. The SMILES string of the molecule is CCC(CC)CNC(=NC)NCc1ccc(Cn2ccccc2=O)cc1.I. The highest BCUT2D eigenvalue weighted by atomic mass is 127. The highest BCUT2D eigenvalue weighted by Crippen LogP contribution is 2.06. The summed E-state index contributed by atoms with van der Waals surface area (Å²) in [4.78, 5) is 16.1. The largest absolute Gasteiger partial charge is 0.356 e. The van der Waals surface area contributed by atoms with Crippen LogP contribution < -0.4 is 16.2 Å². The predicted molar refractivity (Wildman–Crippen MR) is 124 cm³/mol. The molecule has 0 saturated heterocycles. The summed E-state index contributed by atoms with van der Waals surface area (Å²) in [5.41, 5.74) is 2.31. The topological polar surface area (TPSA) is 58.4 Å². The first-order chi connectivity index (χ1) is 12.7. The van der Waals surface area contributed by atoms with Crippen LogP contribution >= 0.6 is 24.0 Å². The molecule has 0 spiro atoms. The van der Waals surface area contributed by atoms with Crippen molar-refractivity contribution in [2.75, 3.05) is 13.6 Å². The summed E-state index contributed by atoms with van der Waals surface area (Å²) in [6.45, 7) is 6.69. The Kier molecular flexibility index (Phi) is 10.8. The zero-order valence-corrected chi connectivity index (χ0v) is 18.8. The van der Waals surface area contributed by atoms with Crippen LogP contribution in [0.1, 0.15) is 37.8 Å². The van der Waals surface area contributed by atoms with Crippen molar-refractivity contribution < 1.29 is 0 Å². The van der Waals surface area contributed by atoms with E-state index in [1.54, 1.807) is 23.7 Å². The maximum Gasteiger partial charge on any atom is 0.250 e. The molecule has 1 heterocycles. The van der Waals surface area contributed by atoms with Gasteiger partial charge in [0.15, 0.2) is 5.96 Å². The van der Waals surface area contributed by atoms with Crippen molar-refractivity contribution in [3.8, 4) is 0 Å². The van der Waals surface area contributed by atoms with Crippen LogP contribution in [0.15, 0.2) is 58.4 Å². The summed E-state index contributed by atoms with van der Waals surface area (Å²) < 4.78 is 1.71. The van der Waals surface area contributed by atoms with Crippen molar-refractivity contribution in [1.82, 2.24) is 15.2 Å². The van der Waals surface area contributed by atoms with Gasteiger partial charge in [-0.3, -0.25) is 9.79 Å². The van der Waals surface area contributed by atoms with Gasteiger partial charge in [0.25, 0.3) is 5.56 Å². The van der Waals surface area contributed by atoms with Gasteiger partial charge in [0.1, 0.15) is 0 Å². The average Bonchev–Trinajstić information content (AvgIpc) is 2.68. The summed E-state index contributed by atoms with van der Waals surface area (Å²) in [6, 6.07) is 13.5. The molecule has 0 bridgehead atoms. The first-order valence-electron chi connectivity index (χ1n) is 9.34. The van der Waals surface area contributed by atoms with E-state index in [2.05, 4.69) is 53.7 Å². The van der Waals surface area contributed by atoms with Gasteiger partial charge in [-0.2, -0.15) is 0 Å². The fraction of sp³-hybridized carbons (Fsp3) is 0.429. The molecule has 6 heteroatoms. The number of aromatic nitrogens is 1. The Morgan fingerprint density at radius 3 is 2.30 bits per heavy atom. The highest BCUT2D eigenvalue weighted by molar-refractivity contribution is 14.0. The number of nitrogens with one attached hydrogen (secondary N) is 2. The van der Waals surface area contributed by atoms with Crippen LogP contribution in [0.4, 0.5) is 0 Å². The minimum Gasteiger partial charge on any atom is -0.356 e. The molecule has 148 valence electrons. The Bertz CT molecular complexity index is 751. The molecule has 2 aromatic rings. The second kappa shape index (κ2) is 12.5. The molecule has 1 aromatic carbocycles. The van der Waals surface area contributed by atoms with Crippen LogP contribution in [0.3, 0.4) is 0 Å². The fourth-order valence-electron chi connectivity index (χ4n) is 2.78. The zero-order chi connectivity index (χ0) is 18.8. The van der Waals surface area contributed by atoms with Crippen molar-refractivity contribution in [3.63, 3.8) is 0 Å². The lowest BCUT2D eigenvalue weighted by molar-refractivity contribution is 0.481. The Morgan fingerprint density at radius 1 is 1.04 bits per heavy atom. The van der Waals surface area contributed by atoms with E-state index in [0.717, 1.165) is 18.1 Å². The number of hydrogen-bond donors (Lipinski definition) is 2. The van der Waals surface area contributed by atoms with Crippen LogP contribution in [0.2, 0.25) is 0 Å². The van der Waals surface area contributed by atoms with E-state index in [4.69, 9.17) is 0 Å². The van der Waals surface area contributed by atoms with Gasteiger partial charge in [-0.15, -0.1) is 24.0 Å². The Hall–Kier alpha value is -1.83. The summed E-state index contributed by atoms with van der Waals surface area (Å²) in [5, 5.41) is 6.74. The van der Waals surface area contributed by atoms with Crippen LogP contribution in [-0.2, 0) is 13.1 Å². The molecule has 0 unspecified atom stereocenters. The van der Waals surface area contributed by atoms with Gasteiger partial charge in [0, 0.05) is 32.4 Å². The van der Waals surface area contributed by atoms with E-state index >= 15 is 0 Å². The average molecular weight is 482 g/mol. The summed E-state index contributed by atoms with van der Waals surface area (Å²) >= 11 is 0. The first-order valence-corrected chi connectivity index (χ1v) is 9.34. The number of rotatable bonds is 8. The van der Waals surface area contributed by atoms with Crippen molar-refractivity contribution in [1.29, 1.82) is 0 Å². The molecular formula is C21H31IN4O. The molecule has 0 aliphatic rings. The number of hydrogen-bond acceptors (Lipinski definition) is 2. The number of halogens is 1. The summed E-state index contributed by atoms with van der Waals surface area (Å²) in [6.07, 6.45) is 4.16. The van der Waals surface area contributed by atoms with Gasteiger partial charge in [0.2, 0.25) is 0 Å². The Morgan fingerprint density at radius 2 is 1.70 bits per heavy atom. The van der Waals surface area contributed by atoms with Crippen molar-refractivity contribution in [2.45, 2.75) is 39.8 Å². The molecule has 2 rings (SSSR count). The molecule has 27 heavy (non-hydrogen) atoms. The number of nitrogens with zero attached hydrogens (tertiary/aromatic N) is 2. The highest BCUT2D eigenvalue weighted by Gasteiger charge is 2.05. The van der Waals surface area contributed by atoms with Crippen LogP contribution in [0.25, 0.3) is 0 Å². The van der Waals surface area contributed by atoms with E-state index in [9.17, 15) is 4.79 Å². The van der Waals surface area contributed by atoms with E-state index in [1.807, 2.05) is 12.3 Å². The normalized spacial score (nSPS) is 11.2. The smallest absolute Gasteiger partial charge is 0.250 e. The predicted octanol–water partition coefficient (Wildman–Crippen LogP) is 3.62. The molecule has 0 aliphatic heterocycles. The van der Waals surface area contributed by atoms with Gasteiger partial charge < -0.3 is 15.2 Å². The first kappa shape index (κ1) is 23.2. The van der Waals surface area contributed by atoms with E-state index < -0.39 is 0 Å². The molecule has 5 nitrogen and oxygen atoms in total. The van der Waals surface area contributed by atoms with Crippen LogP contribution in [0, 0.1) is 5.92 Å². The Balaban J connectivity index is 0.00000364. The van der Waals surface area contributed by atoms with Crippen molar-refractivity contribution >= 4 is 29.9 Å². The van der Waals surface area contributed by atoms with Gasteiger partial charge in [-0.25, -0.2) is 0 Å². The van der Waals surface area contributed by atoms with Gasteiger partial charge >= 0.3 is 0 Å². The maximum atomic E-state index is 11.8. The van der Waals surface area contributed by atoms with Gasteiger partial charge in [-0.05, 0) is 23.1 Å². The molecular weight excluding hydrogens is 451 g/mol. The molecule has 0 radical (unpaired) electrons. The lowest BCUT2D eigenvalue weighted by Crippen LogP contribution is -2.39. The van der Waals surface area contributed by atoms with Crippen molar-refractivity contribution in [3.05, 3.63) is 70.1 Å². The number of pyridine rings is 1. The number of benzene rings is 1. The molecule has 0 atom stereocenters. The molecule has 0 saturated carbocycles. The van der Waals surface area contributed by atoms with E-state index in [0.29, 0.717) is 19.0 Å². The summed E-state index contributed by atoms with van der Waals surface area (Å²) in [5.74, 6) is 1.51. The monoisotopic (exact) mass is 482 g/mol. The second-order valence-electron chi connectivity index (χ2n) is 6.47. The third kappa shape index (κ3) is 7.74. The quantitative estimate of drug-likeness (QED) is 0.344. The second-order valence-corrected chi connectivity index (χ2v) is 6.47. The lowest BCUT2D eigenvalue weighted by atomic mass is 10.0. The lowest BCUT2D eigenvalue weighted by Gasteiger charge is -2.16. The van der Waals surface area contributed by atoms with Crippen LogP contribution in [-0.4, -0.2) is 24.1 Å². The molecule has 1 aromatic heterocycles. The Labute approximate surface area is 179 Å². The standard InChI is InChI=1S/C21H30N4O.HI/c1-4-17(5-2)14-23-21(22-3)24-15-18-9-11-19(12-10-18)16-25-13-7-6-8-20(25)26;/h6-13,17H,4-5,14-16H2,1-3H3,(H2,22,23,24);1H. The van der Waals surface area contributed by atoms with Gasteiger partial charge in [-0.1, -0.05) is 57.0 Å². The summed E-state index contributed by atoms with van der Waals surface area (Å²) in [7, 11) is 1.79. The third-order valence-corrected chi connectivity index (χ3v) is 4.67. The molecule has 2 N–H and O–H groups in total. The van der Waals surface area contributed by atoms with Gasteiger partial charge in [0.05, 0.1) is 6.54 Å².